The lowest BCUT2D eigenvalue weighted by Crippen LogP contribution is -3.15. The highest BCUT2D eigenvalue weighted by Gasteiger charge is 2.25. The molecule has 1 saturated heterocycles. The Morgan fingerprint density at radius 1 is 1.00 bits per heavy atom. The summed E-state index contributed by atoms with van der Waals surface area (Å²) in [6.07, 6.45) is 0.789. The Labute approximate surface area is 164 Å². The number of nitrogens with zero attached hydrogens (tertiary/aromatic N) is 1. The second-order valence-electron chi connectivity index (χ2n) is 6.81. The molecular formula is C21H25ClN3O2+. The first-order valence-electron chi connectivity index (χ1n) is 9.31. The molecule has 0 radical (unpaired) electrons. The zero-order valence-electron chi connectivity index (χ0n) is 15.3. The molecule has 0 spiro atoms. The van der Waals surface area contributed by atoms with Crippen LogP contribution in [0.25, 0.3) is 0 Å². The summed E-state index contributed by atoms with van der Waals surface area (Å²) in [6.45, 7) is 4.02. The molecule has 2 aromatic rings. The van der Waals surface area contributed by atoms with Crippen molar-refractivity contribution in [3.8, 4) is 0 Å². The third kappa shape index (κ3) is 5.81. The van der Waals surface area contributed by atoms with Gasteiger partial charge in [0, 0.05) is 17.1 Å². The van der Waals surface area contributed by atoms with E-state index in [1.54, 1.807) is 0 Å². The smallest absolute Gasteiger partial charge is 0.275 e. The molecule has 142 valence electrons. The van der Waals surface area contributed by atoms with Crippen LogP contribution in [0, 0.1) is 0 Å². The SMILES string of the molecule is O=C(C[NH+]1CCN(C(=O)c2ccccc2)CC1)NCCc1ccc(Cl)cc1. The van der Waals surface area contributed by atoms with Gasteiger partial charge >= 0.3 is 0 Å². The van der Waals surface area contributed by atoms with E-state index in [2.05, 4.69) is 5.32 Å². The molecule has 1 aliphatic rings. The fourth-order valence-corrected chi connectivity index (χ4v) is 3.38. The van der Waals surface area contributed by atoms with Crippen molar-refractivity contribution in [1.82, 2.24) is 10.2 Å². The van der Waals surface area contributed by atoms with Crippen molar-refractivity contribution in [2.45, 2.75) is 6.42 Å². The van der Waals surface area contributed by atoms with Gasteiger partial charge in [-0.15, -0.1) is 0 Å². The van der Waals surface area contributed by atoms with Crippen molar-refractivity contribution in [3.05, 3.63) is 70.7 Å². The molecule has 2 aromatic carbocycles. The van der Waals surface area contributed by atoms with Gasteiger partial charge in [0.25, 0.3) is 11.8 Å². The average Bonchev–Trinajstić information content (AvgIpc) is 2.70. The third-order valence-corrected chi connectivity index (χ3v) is 5.09. The Balaban J connectivity index is 1.36. The van der Waals surface area contributed by atoms with Crippen LogP contribution in [0.5, 0.6) is 0 Å². The van der Waals surface area contributed by atoms with Crippen LogP contribution < -0.4 is 10.2 Å². The molecule has 0 saturated carbocycles. The minimum atomic E-state index is 0.0572. The van der Waals surface area contributed by atoms with E-state index in [1.807, 2.05) is 59.5 Å². The van der Waals surface area contributed by atoms with Crippen molar-refractivity contribution in [1.29, 1.82) is 0 Å². The number of carbonyl (C=O) groups excluding carboxylic acids is 2. The van der Waals surface area contributed by atoms with Gasteiger partial charge in [-0.3, -0.25) is 9.59 Å². The number of hydrogen-bond donors (Lipinski definition) is 2. The minimum Gasteiger partial charge on any atom is -0.351 e. The first-order valence-corrected chi connectivity index (χ1v) is 9.68. The fraction of sp³-hybridized carbons (Fsp3) is 0.333. The summed E-state index contributed by atoms with van der Waals surface area (Å²) >= 11 is 5.87. The van der Waals surface area contributed by atoms with Crippen LogP contribution in [0.1, 0.15) is 15.9 Å². The topological polar surface area (TPSA) is 53.9 Å². The molecule has 0 aromatic heterocycles. The van der Waals surface area contributed by atoms with E-state index in [4.69, 9.17) is 11.6 Å². The van der Waals surface area contributed by atoms with E-state index < -0.39 is 0 Å². The number of benzene rings is 2. The summed E-state index contributed by atoms with van der Waals surface area (Å²) < 4.78 is 0. The van der Waals surface area contributed by atoms with Crippen LogP contribution >= 0.6 is 11.6 Å². The number of hydrogen-bond acceptors (Lipinski definition) is 2. The lowest BCUT2D eigenvalue weighted by molar-refractivity contribution is -0.896. The largest absolute Gasteiger partial charge is 0.351 e. The molecule has 3 rings (SSSR count). The summed E-state index contributed by atoms with van der Waals surface area (Å²) in [6, 6.07) is 17.0. The lowest BCUT2D eigenvalue weighted by atomic mass is 10.1. The van der Waals surface area contributed by atoms with E-state index in [-0.39, 0.29) is 11.8 Å². The van der Waals surface area contributed by atoms with Gasteiger partial charge in [0.15, 0.2) is 6.54 Å². The molecule has 0 unspecified atom stereocenters. The second-order valence-corrected chi connectivity index (χ2v) is 7.25. The van der Waals surface area contributed by atoms with Gasteiger partial charge in [-0.1, -0.05) is 41.9 Å². The number of amides is 2. The predicted octanol–water partition coefficient (Wildman–Crippen LogP) is 1.04. The number of carbonyl (C=O) groups is 2. The maximum absolute atomic E-state index is 12.5. The van der Waals surface area contributed by atoms with Gasteiger partial charge in [0.05, 0.1) is 26.2 Å². The number of quaternary nitrogens is 1. The summed E-state index contributed by atoms with van der Waals surface area (Å²) in [5.41, 5.74) is 1.88. The minimum absolute atomic E-state index is 0.0572. The zero-order chi connectivity index (χ0) is 19.1. The predicted molar refractivity (Wildman–Crippen MR) is 106 cm³/mol. The van der Waals surface area contributed by atoms with Crippen molar-refractivity contribution in [2.24, 2.45) is 0 Å². The van der Waals surface area contributed by atoms with Gasteiger partial charge < -0.3 is 15.1 Å². The standard InChI is InChI=1S/C21H24ClN3O2/c22-19-8-6-17(7-9-19)10-11-23-20(26)16-24-12-14-25(15-13-24)21(27)18-4-2-1-3-5-18/h1-9H,10-16H2,(H,23,26)/p+1. The van der Waals surface area contributed by atoms with E-state index >= 15 is 0 Å². The Hall–Kier alpha value is -2.37. The van der Waals surface area contributed by atoms with Gasteiger partial charge in [-0.2, -0.15) is 0 Å². The number of nitrogens with one attached hydrogen (secondary N) is 2. The molecule has 1 aliphatic heterocycles. The van der Waals surface area contributed by atoms with E-state index in [1.165, 1.54) is 4.90 Å². The van der Waals surface area contributed by atoms with Crippen molar-refractivity contribution in [2.75, 3.05) is 39.3 Å². The number of halogens is 1. The highest BCUT2D eigenvalue weighted by Crippen LogP contribution is 2.09. The van der Waals surface area contributed by atoms with Crippen LogP contribution in [0.3, 0.4) is 0 Å². The molecule has 0 aliphatic carbocycles. The third-order valence-electron chi connectivity index (χ3n) is 4.84. The quantitative estimate of drug-likeness (QED) is 0.779. The Bertz CT molecular complexity index is 757. The first kappa shape index (κ1) is 19.4. The van der Waals surface area contributed by atoms with Gasteiger partial charge in [0.1, 0.15) is 0 Å². The number of rotatable bonds is 6. The molecule has 5 nitrogen and oxygen atoms in total. The second kappa shape index (κ2) is 9.53. The number of piperazine rings is 1. The van der Waals surface area contributed by atoms with Gasteiger partial charge in [-0.05, 0) is 36.2 Å². The monoisotopic (exact) mass is 386 g/mol. The summed E-state index contributed by atoms with van der Waals surface area (Å²) in [4.78, 5) is 27.7. The fourth-order valence-electron chi connectivity index (χ4n) is 3.25. The first-order chi connectivity index (χ1) is 13.1. The Kier molecular flexibility index (Phi) is 6.85. The molecule has 6 heteroatoms. The average molecular weight is 387 g/mol. The van der Waals surface area contributed by atoms with E-state index in [0.29, 0.717) is 26.2 Å². The van der Waals surface area contributed by atoms with Crippen LogP contribution in [0.2, 0.25) is 5.02 Å². The zero-order valence-corrected chi connectivity index (χ0v) is 16.0. The van der Waals surface area contributed by atoms with Crippen LogP contribution in [-0.2, 0) is 11.2 Å². The highest BCUT2D eigenvalue weighted by atomic mass is 35.5. The molecule has 2 N–H and O–H groups in total. The van der Waals surface area contributed by atoms with Crippen molar-refractivity contribution >= 4 is 23.4 Å². The summed E-state index contributed by atoms with van der Waals surface area (Å²) in [7, 11) is 0. The highest BCUT2D eigenvalue weighted by molar-refractivity contribution is 6.30. The molecule has 27 heavy (non-hydrogen) atoms. The summed E-state index contributed by atoms with van der Waals surface area (Å²) in [5, 5.41) is 3.70. The lowest BCUT2D eigenvalue weighted by Gasteiger charge is -2.32. The summed E-state index contributed by atoms with van der Waals surface area (Å²) in [5.74, 6) is 0.129. The Morgan fingerprint density at radius 2 is 1.67 bits per heavy atom. The molecule has 0 atom stereocenters. The molecule has 2 amide bonds. The molecule has 1 fully saturated rings. The van der Waals surface area contributed by atoms with Crippen LogP contribution in [0.4, 0.5) is 0 Å². The molecule has 1 heterocycles. The maximum Gasteiger partial charge on any atom is 0.275 e. The maximum atomic E-state index is 12.5. The Morgan fingerprint density at radius 3 is 2.33 bits per heavy atom. The molecule has 0 bridgehead atoms. The van der Waals surface area contributed by atoms with Gasteiger partial charge in [0.2, 0.25) is 0 Å². The van der Waals surface area contributed by atoms with Gasteiger partial charge in [-0.25, -0.2) is 0 Å². The van der Waals surface area contributed by atoms with E-state index in [9.17, 15) is 9.59 Å². The molecular weight excluding hydrogens is 362 g/mol. The van der Waals surface area contributed by atoms with Crippen LogP contribution in [-0.4, -0.2) is 56.0 Å². The van der Waals surface area contributed by atoms with Crippen LogP contribution in [0.15, 0.2) is 54.6 Å². The van der Waals surface area contributed by atoms with Crippen molar-refractivity contribution in [3.63, 3.8) is 0 Å². The normalized spacial score (nSPS) is 14.8. The van der Waals surface area contributed by atoms with E-state index in [0.717, 1.165) is 35.7 Å². The van der Waals surface area contributed by atoms with Crippen molar-refractivity contribution < 1.29 is 14.5 Å².